The molecule has 2 aromatic rings. The second-order valence-electron chi connectivity index (χ2n) is 6.46. The van der Waals surface area contributed by atoms with E-state index in [0.29, 0.717) is 35.8 Å². The van der Waals surface area contributed by atoms with Crippen LogP contribution in [0.25, 0.3) is 11.4 Å². The van der Waals surface area contributed by atoms with Crippen molar-refractivity contribution in [2.75, 3.05) is 19.6 Å². The van der Waals surface area contributed by atoms with Crippen LogP contribution in [0.2, 0.25) is 5.02 Å². The second kappa shape index (κ2) is 11.2. The monoisotopic (exact) mass is 533 g/mol. The Morgan fingerprint density at radius 2 is 2.17 bits per heavy atom. The van der Waals surface area contributed by atoms with Gasteiger partial charge in [0, 0.05) is 36.3 Å². The Morgan fingerprint density at radius 3 is 2.83 bits per heavy atom. The van der Waals surface area contributed by atoms with Crippen LogP contribution in [0.5, 0.6) is 0 Å². The topological polar surface area (TPSA) is 122 Å². The minimum Gasteiger partial charge on any atom is -0.357 e. The maximum absolute atomic E-state index is 11.2. The van der Waals surface area contributed by atoms with Crippen LogP contribution >= 0.6 is 35.6 Å². The van der Waals surface area contributed by atoms with E-state index in [1.54, 1.807) is 17.0 Å². The molecule has 158 valence electrons. The number of piperidine rings is 1. The maximum atomic E-state index is 11.2. The summed E-state index contributed by atoms with van der Waals surface area (Å²) in [7, 11) is 0. The first-order chi connectivity index (χ1) is 13.5. The normalized spacial score (nSPS) is 15.0. The highest BCUT2D eigenvalue weighted by atomic mass is 127. The number of amides is 2. The number of aromatic nitrogens is 2. The van der Waals surface area contributed by atoms with Crippen molar-refractivity contribution in [2.24, 2.45) is 10.7 Å². The number of hydrogen-bond acceptors (Lipinski definition) is 5. The number of carbonyl (C=O) groups excluding carboxylic acids is 1. The highest BCUT2D eigenvalue weighted by Gasteiger charge is 2.21. The summed E-state index contributed by atoms with van der Waals surface area (Å²) < 4.78 is 5.29. The molecule has 1 aliphatic rings. The quantitative estimate of drug-likeness (QED) is 0.309. The second-order valence-corrected chi connectivity index (χ2v) is 6.90. The minimum atomic E-state index is -0.370. The van der Waals surface area contributed by atoms with E-state index in [2.05, 4.69) is 25.8 Å². The van der Waals surface area contributed by atoms with Gasteiger partial charge in [-0.15, -0.1) is 24.0 Å². The number of urea groups is 1. The van der Waals surface area contributed by atoms with Crippen LogP contribution in [0, 0.1) is 0 Å². The first kappa shape index (κ1) is 23.2. The predicted molar refractivity (Wildman–Crippen MR) is 122 cm³/mol. The fourth-order valence-corrected chi connectivity index (χ4v) is 3.16. The van der Waals surface area contributed by atoms with Crippen molar-refractivity contribution in [2.45, 2.75) is 32.4 Å². The summed E-state index contributed by atoms with van der Waals surface area (Å²) in [6.45, 7) is 4.25. The molecule has 11 heteroatoms. The molecular weight excluding hydrogens is 509 g/mol. The van der Waals surface area contributed by atoms with Crippen LogP contribution in [0.4, 0.5) is 4.79 Å². The Morgan fingerprint density at radius 1 is 1.41 bits per heavy atom. The molecule has 0 spiro atoms. The zero-order chi connectivity index (χ0) is 19.9. The van der Waals surface area contributed by atoms with Crippen LogP contribution in [0.15, 0.2) is 33.8 Å². The van der Waals surface area contributed by atoms with Crippen molar-refractivity contribution in [3.8, 4) is 11.4 Å². The number of carbonyl (C=O) groups is 1. The Kier molecular flexibility index (Phi) is 8.96. The Balaban J connectivity index is 0.00000300. The van der Waals surface area contributed by atoms with Gasteiger partial charge in [-0.05, 0) is 31.9 Å². The fraction of sp³-hybridized carbons (Fsp3) is 0.444. The van der Waals surface area contributed by atoms with Crippen molar-refractivity contribution in [1.29, 1.82) is 0 Å². The molecule has 0 saturated carbocycles. The van der Waals surface area contributed by atoms with E-state index >= 15 is 0 Å². The van der Waals surface area contributed by atoms with Crippen LogP contribution in [0.3, 0.4) is 0 Å². The third-order valence-corrected chi connectivity index (χ3v) is 4.65. The van der Waals surface area contributed by atoms with Gasteiger partial charge < -0.3 is 25.8 Å². The van der Waals surface area contributed by atoms with Gasteiger partial charge in [-0.25, -0.2) is 9.79 Å². The van der Waals surface area contributed by atoms with Crippen molar-refractivity contribution < 1.29 is 9.32 Å². The van der Waals surface area contributed by atoms with E-state index in [9.17, 15) is 4.79 Å². The molecule has 3 rings (SSSR count). The molecule has 0 unspecified atom stereocenters. The van der Waals surface area contributed by atoms with Crippen molar-refractivity contribution in [1.82, 2.24) is 25.7 Å². The van der Waals surface area contributed by atoms with Gasteiger partial charge in [0.15, 0.2) is 5.96 Å². The summed E-state index contributed by atoms with van der Waals surface area (Å²) in [4.78, 5) is 21.8. The number of benzene rings is 1. The summed E-state index contributed by atoms with van der Waals surface area (Å²) in [5, 5.41) is 11.2. The average molecular weight is 534 g/mol. The van der Waals surface area contributed by atoms with E-state index in [-0.39, 0.29) is 42.6 Å². The number of rotatable bonds is 5. The number of nitrogens with one attached hydrogen (secondary N) is 2. The zero-order valence-corrected chi connectivity index (χ0v) is 19.2. The molecular formula is C18H25ClIN7O2. The van der Waals surface area contributed by atoms with Gasteiger partial charge in [-0.1, -0.05) is 28.9 Å². The van der Waals surface area contributed by atoms with E-state index < -0.39 is 0 Å². The standard InChI is InChI=1S/C18H24ClN7O2.HI/c1-2-21-18(23-14-6-8-26(9-7-14)17(20)27)22-11-15-24-16(25-28-15)12-4-3-5-13(19)10-12;/h3-5,10,14H,2,6-9,11H2,1H3,(H2,20,27)(H2,21,22,23);1H. The molecule has 9 nitrogen and oxygen atoms in total. The molecule has 2 heterocycles. The number of primary amides is 1. The molecule has 29 heavy (non-hydrogen) atoms. The summed E-state index contributed by atoms with van der Waals surface area (Å²) >= 11 is 6.00. The highest BCUT2D eigenvalue weighted by Crippen LogP contribution is 2.20. The molecule has 1 saturated heterocycles. The van der Waals surface area contributed by atoms with E-state index in [4.69, 9.17) is 21.9 Å². The highest BCUT2D eigenvalue weighted by molar-refractivity contribution is 14.0. The number of hydrogen-bond donors (Lipinski definition) is 3. The van der Waals surface area contributed by atoms with Gasteiger partial charge >= 0.3 is 6.03 Å². The zero-order valence-electron chi connectivity index (χ0n) is 16.1. The summed E-state index contributed by atoms with van der Waals surface area (Å²) in [6, 6.07) is 7.13. The minimum absolute atomic E-state index is 0. The van der Waals surface area contributed by atoms with Gasteiger partial charge in [-0.3, -0.25) is 0 Å². The third-order valence-electron chi connectivity index (χ3n) is 4.42. The molecule has 0 atom stereocenters. The van der Waals surface area contributed by atoms with E-state index in [1.807, 2.05) is 19.1 Å². The molecule has 4 N–H and O–H groups in total. The summed E-state index contributed by atoms with van der Waals surface area (Å²) in [5.41, 5.74) is 6.12. The number of halogens is 2. The van der Waals surface area contributed by atoms with Crippen molar-refractivity contribution in [3.05, 3.63) is 35.2 Å². The molecule has 1 aromatic heterocycles. The predicted octanol–water partition coefficient (Wildman–Crippen LogP) is 2.61. The Labute approximate surface area is 191 Å². The van der Waals surface area contributed by atoms with Crippen LogP contribution < -0.4 is 16.4 Å². The fourth-order valence-electron chi connectivity index (χ4n) is 2.97. The molecule has 2 amide bonds. The number of nitrogens with two attached hydrogens (primary N) is 1. The Bertz CT molecular complexity index is 837. The lowest BCUT2D eigenvalue weighted by Gasteiger charge is -2.32. The maximum Gasteiger partial charge on any atom is 0.314 e. The molecule has 0 bridgehead atoms. The van der Waals surface area contributed by atoms with Gasteiger partial charge in [0.2, 0.25) is 11.7 Å². The van der Waals surface area contributed by atoms with Gasteiger partial charge in [0.25, 0.3) is 0 Å². The SMILES string of the molecule is CCNC(=NCc1nc(-c2cccc(Cl)c2)no1)NC1CCN(C(N)=O)CC1.I. The summed E-state index contributed by atoms with van der Waals surface area (Å²) in [6.07, 6.45) is 1.62. The van der Waals surface area contributed by atoms with Gasteiger partial charge in [-0.2, -0.15) is 4.98 Å². The first-order valence-corrected chi connectivity index (χ1v) is 9.60. The lowest BCUT2D eigenvalue weighted by atomic mass is 10.1. The van der Waals surface area contributed by atoms with Crippen molar-refractivity contribution in [3.63, 3.8) is 0 Å². The third kappa shape index (κ3) is 6.74. The lowest BCUT2D eigenvalue weighted by molar-refractivity contribution is 0.188. The van der Waals surface area contributed by atoms with Crippen molar-refractivity contribution >= 4 is 47.6 Å². The molecule has 1 fully saturated rings. The largest absolute Gasteiger partial charge is 0.357 e. The average Bonchev–Trinajstić information content (AvgIpc) is 3.16. The van der Waals surface area contributed by atoms with Crippen LogP contribution in [-0.4, -0.2) is 52.7 Å². The number of guanidine groups is 1. The number of nitrogens with zero attached hydrogens (tertiary/aromatic N) is 4. The van der Waals surface area contributed by atoms with Crippen LogP contribution in [0.1, 0.15) is 25.7 Å². The van der Waals surface area contributed by atoms with E-state index in [1.165, 1.54) is 0 Å². The molecule has 0 aliphatic carbocycles. The number of likely N-dealkylation sites (tertiary alicyclic amines) is 1. The van der Waals surface area contributed by atoms with E-state index in [0.717, 1.165) is 24.9 Å². The summed E-state index contributed by atoms with van der Waals surface area (Å²) in [5.74, 6) is 1.56. The lowest BCUT2D eigenvalue weighted by Crippen LogP contribution is -2.50. The smallest absolute Gasteiger partial charge is 0.314 e. The molecule has 1 aliphatic heterocycles. The molecule has 1 aromatic carbocycles. The van der Waals surface area contributed by atoms with Gasteiger partial charge in [0.05, 0.1) is 0 Å². The van der Waals surface area contributed by atoms with Crippen LogP contribution in [-0.2, 0) is 6.54 Å². The first-order valence-electron chi connectivity index (χ1n) is 9.23. The number of aliphatic imine (C=N–C) groups is 1. The Hall–Kier alpha value is -2.08. The van der Waals surface area contributed by atoms with Gasteiger partial charge in [0.1, 0.15) is 6.54 Å². The molecule has 0 radical (unpaired) electrons.